The summed E-state index contributed by atoms with van der Waals surface area (Å²) >= 11 is 0. The lowest BCUT2D eigenvalue weighted by atomic mass is 9.99. The van der Waals surface area contributed by atoms with Crippen molar-refractivity contribution < 1.29 is 39.8 Å². The topological polar surface area (TPSA) is 149 Å². The van der Waals surface area contributed by atoms with Crippen LogP contribution in [-0.4, -0.2) is 87.5 Å². The van der Waals surface area contributed by atoms with Crippen molar-refractivity contribution in [2.24, 2.45) is 0 Å². The molecule has 0 aromatic heterocycles. The molecule has 0 aromatic carbocycles. The van der Waals surface area contributed by atoms with Gasteiger partial charge in [0.1, 0.15) is 24.4 Å². The van der Waals surface area contributed by atoms with Crippen molar-refractivity contribution in [1.29, 1.82) is 0 Å². The number of ether oxygens (including phenoxy) is 2. The van der Waals surface area contributed by atoms with Gasteiger partial charge in [-0.05, 0) is 96.3 Å². The van der Waals surface area contributed by atoms with E-state index in [1.54, 1.807) is 6.08 Å². The molecule has 6 N–H and O–H groups in total. The fourth-order valence-corrected chi connectivity index (χ4v) is 7.27. The third-order valence-corrected chi connectivity index (χ3v) is 11.5. The van der Waals surface area contributed by atoms with Crippen LogP contribution in [0.5, 0.6) is 0 Å². The van der Waals surface area contributed by atoms with Crippen LogP contribution in [0.25, 0.3) is 0 Å². The van der Waals surface area contributed by atoms with Gasteiger partial charge in [0.15, 0.2) is 6.29 Å². The Balaban J connectivity index is 2.14. The number of rotatable bonds is 42. The fraction of sp³-hybridized carbons (Fsp3) is 0.610. The molecule has 0 aromatic rings. The number of aliphatic hydroxyl groups excluding tert-OH is 5. The SMILES string of the molecule is CC/C=C\C/C=C\C/C=C\C/C=C\C/C=C\C/C=C\C/C=C\C/C=C\C/C=C\CCCCCCCCCCCC(=O)NC(COC1OC(CO)C(O)C(O)C1O)C(O)/C=C/CC/C=C/CCCC. The van der Waals surface area contributed by atoms with Crippen LogP contribution >= 0.6 is 0 Å². The van der Waals surface area contributed by atoms with Crippen molar-refractivity contribution in [3.63, 3.8) is 0 Å². The van der Waals surface area contributed by atoms with Crippen molar-refractivity contribution in [2.75, 3.05) is 13.2 Å². The predicted molar refractivity (Wildman–Crippen MR) is 285 cm³/mol. The molecular weight excluding hydrogens is 851 g/mol. The minimum atomic E-state index is -1.58. The van der Waals surface area contributed by atoms with Crippen molar-refractivity contribution in [3.05, 3.63) is 134 Å². The summed E-state index contributed by atoms with van der Waals surface area (Å²) < 4.78 is 11.2. The van der Waals surface area contributed by atoms with Crippen molar-refractivity contribution in [3.8, 4) is 0 Å². The molecule has 1 rings (SSSR count). The molecule has 9 heteroatoms. The molecule has 1 heterocycles. The third-order valence-electron chi connectivity index (χ3n) is 11.5. The highest BCUT2D eigenvalue weighted by Gasteiger charge is 2.44. The zero-order valence-electron chi connectivity index (χ0n) is 42.3. The molecule has 1 aliphatic rings. The molecule has 384 valence electrons. The summed E-state index contributed by atoms with van der Waals surface area (Å²) in [7, 11) is 0. The summed E-state index contributed by atoms with van der Waals surface area (Å²) in [4.78, 5) is 12.9. The molecule has 1 saturated heterocycles. The standard InChI is InChI=1S/C59H95NO8/c1-3-5-7-9-11-13-14-15-16-17-18-19-20-21-22-23-24-25-26-27-28-29-30-31-32-33-34-35-36-37-38-39-40-41-43-45-47-49-55(63)60-52(53(62)48-46-44-42-12-10-8-6-4-2)51-67-59-58(66)57(65)56(64)54(50-61)68-59/h5,7,10-13,15-16,18-19,21-22,24-25,27-28,30-31,33-34,46,48,52-54,56-59,61-62,64-66H,3-4,6,8-9,14,17,20,23,26,29,32,35-45,47,49-51H2,1-2H3,(H,60,63)/b7-5-,12-10+,13-11-,16-15-,19-18-,22-21-,25-24-,28-27-,31-30-,34-33-,48-46+. The minimum Gasteiger partial charge on any atom is -0.394 e. The maximum Gasteiger partial charge on any atom is 0.220 e. The molecular formula is C59H95NO8. The fourth-order valence-electron chi connectivity index (χ4n) is 7.27. The van der Waals surface area contributed by atoms with Gasteiger partial charge in [-0.25, -0.2) is 0 Å². The van der Waals surface area contributed by atoms with E-state index < -0.39 is 49.5 Å². The van der Waals surface area contributed by atoms with E-state index in [-0.39, 0.29) is 12.5 Å². The highest BCUT2D eigenvalue weighted by Crippen LogP contribution is 2.22. The first-order valence-corrected chi connectivity index (χ1v) is 26.4. The van der Waals surface area contributed by atoms with Crippen LogP contribution in [0.2, 0.25) is 0 Å². The van der Waals surface area contributed by atoms with Crippen LogP contribution in [0.4, 0.5) is 0 Å². The highest BCUT2D eigenvalue weighted by atomic mass is 16.7. The first-order chi connectivity index (χ1) is 33.3. The molecule has 9 nitrogen and oxygen atoms in total. The Kier molecular flexibility index (Phi) is 43.1. The summed E-state index contributed by atoms with van der Waals surface area (Å²) in [6.07, 6.45) is 65.4. The zero-order valence-corrected chi connectivity index (χ0v) is 42.3. The Morgan fingerprint density at radius 2 is 0.926 bits per heavy atom. The predicted octanol–water partition coefficient (Wildman–Crippen LogP) is 12.6. The number of allylic oxidation sites excluding steroid dienone is 21. The lowest BCUT2D eigenvalue weighted by Gasteiger charge is -2.40. The van der Waals surface area contributed by atoms with E-state index in [1.807, 2.05) is 6.08 Å². The Morgan fingerprint density at radius 3 is 1.41 bits per heavy atom. The van der Waals surface area contributed by atoms with Crippen molar-refractivity contribution in [1.82, 2.24) is 5.32 Å². The number of carbonyl (C=O) groups excluding carboxylic acids is 1. The van der Waals surface area contributed by atoms with Crippen LogP contribution in [-0.2, 0) is 14.3 Å². The van der Waals surface area contributed by atoms with E-state index in [4.69, 9.17) is 9.47 Å². The number of unbranched alkanes of at least 4 members (excludes halogenated alkanes) is 12. The van der Waals surface area contributed by atoms with Gasteiger partial charge in [-0.1, -0.05) is 205 Å². The van der Waals surface area contributed by atoms with Gasteiger partial charge >= 0.3 is 0 Å². The molecule has 1 aliphatic heterocycles. The Bertz CT molecular complexity index is 1520. The number of amides is 1. The van der Waals surface area contributed by atoms with Gasteiger partial charge in [0, 0.05) is 6.42 Å². The molecule has 68 heavy (non-hydrogen) atoms. The van der Waals surface area contributed by atoms with Gasteiger partial charge in [-0.15, -0.1) is 0 Å². The third kappa shape index (κ3) is 36.3. The van der Waals surface area contributed by atoms with E-state index in [0.29, 0.717) is 6.42 Å². The maximum atomic E-state index is 12.9. The Hall–Kier alpha value is -3.67. The first kappa shape index (κ1) is 62.3. The van der Waals surface area contributed by atoms with Gasteiger partial charge in [-0.3, -0.25) is 4.79 Å². The second-order valence-corrected chi connectivity index (χ2v) is 17.6. The first-order valence-electron chi connectivity index (χ1n) is 26.4. The smallest absolute Gasteiger partial charge is 0.220 e. The van der Waals surface area contributed by atoms with Gasteiger partial charge in [-0.2, -0.15) is 0 Å². The summed E-state index contributed by atoms with van der Waals surface area (Å²) in [6.45, 7) is 3.53. The highest BCUT2D eigenvalue weighted by molar-refractivity contribution is 5.76. The van der Waals surface area contributed by atoms with Crippen LogP contribution in [0.1, 0.15) is 174 Å². The van der Waals surface area contributed by atoms with Crippen LogP contribution in [0, 0.1) is 0 Å². The molecule has 0 spiro atoms. The average Bonchev–Trinajstić information content (AvgIpc) is 3.34. The zero-order chi connectivity index (χ0) is 49.4. The minimum absolute atomic E-state index is 0.204. The maximum absolute atomic E-state index is 12.9. The lowest BCUT2D eigenvalue weighted by molar-refractivity contribution is -0.302. The lowest BCUT2D eigenvalue weighted by Crippen LogP contribution is -2.60. The van der Waals surface area contributed by atoms with Crippen LogP contribution < -0.4 is 5.32 Å². The number of hydrogen-bond donors (Lipinski definition) is 6. The Morgan fingerprint density at radius 1 is 0.515 bits per heavy atom. The number of aliphatic hydroxyl groups is 5. The molecule has 7 atom stereocenters. The van der Waals surface area contributed by atoms with Gasteiger partial charge < -0.3 is 40.3 Å². The normalized spacial score (nSPS) is 20.7. The van der Waals surface area contributed by atoms with Gasteiger partial charge in [0.05, 0.1) is 25.4 Å². The van der Waals surface area contributed by atoms with Gasteiger partial charge in [0.25, 0.3) is 0 Å². The molecule has 0 radical (unpaired) electrons. The monoisotopic (exact) mass is 946 g/mol. The number of carbonyl (C=O) groups is 1. The summed E-state index contributed by atoms with van der Waals surface area (Å²) in [5, 5.41) is 54.0. The molecule has 0 aliphatic carbocycles. The van der Waals surface area contributed by atoms with Crippen molar-refractivity contribution >= 4 is 5.91 Å². The summed E-state index contributed by atoms with van der Waals surface area (Å²) in [5.74, 6) is -0.204. The van der Waals surface area contributed by atoms with E-state index in [9.17, 15) is 30.3 Å². The molecule has 7 unspecified atom stereocenters. The summed E-state index contributed by atoms with van der Waals surface area (Å²) in [5.41, 5.74) is 0. The molecule has 0 saturated carbocycles. The van der Waals surface area contributed by atoms with E-state index in [0.717, 1.165) is 122 Å². The molecule has 1 amide bonds. The van der Waals surface area contributed by atoms with Gasteiger partial charge in [0.2, 0.25) is 5.91 Å². The van der Waals surface area contributed by atoms with E-state index in [1.165, 1.54) is 32.1 Å². The second-order valence-electron chi connectivity index (χ2n) is 17.6. The van der Waals surface area contributed by atoms with E-state index in [2.05, 4.69) is 141 Å². The molecule has 1 fully saturated rings. The number of hydrogen-bond acceptors (Lipinski definition) is 8. The van der Waals surface area contributed by atoms with E-state index >= 15 is 0 Å². The largest absolute Gasteiger partial charge is 0.394 e. The number of nitrogens with one attached hydrogen (secondary N) is 1. The molecule has 0 bridgehead atoms. The van der Waals surface area contributed by atoms with Crippen molar-refractivity contribution in [2.45, 2.75) is 217 Å². The second kappa shape index (κ2) is 47.0. The van der Waals surface area contributed by atoms with Crippen LogP contribution in [0.15, 0.2) is 134 Å². The average molecular weight is 946 g/mol. The van der Waals surface area contributed by atoms with Crippen LogP contribution in [0.3, 0.4) is 0 Å². The summed E-state index contributed by atoms with van der Waals surface area (Å²) in [6, 6.07) is -0.831. The quantitative estimate of drug-likeness (QED) is 0.0262. The Labute approximate surface area is 413 Å².